The molecule has 1 atom stereocenters. The molecule has 0 saturated carbocycles. The summed E-state index contributed by atoms with van der Waals surface area (Å²) in [6.07, 6.45) is 3.17. The van der Waals surface area contributed by atoms with Crippen LogP contribution in [0.5, 0.6) is 0 Å². The summed E-state index contributed by atoms with van der Waals surface area (Å²) in [5, 5.41) is 16.8. The SMILES string of the molecule is Cc1cc(NC(=O)CCSc2nc3c(cc2C#N)CC(c2ccccc2)CC3)no1. The second-order valence-corrected chi connectivity index (χ2v) is 8.46. The van der Waals surface area contributed by atoms with Crippen molar-refractivity contribution >= 4 is 23.5 Å². The van der Waals surface area contributed by atoms with Gasteiger partial charge >= 0.3 is 0 Å². The molecule has 0 radical (unpaired) electrons. The maximum absolute atomic E-state index is 12.1. The molecule has 0 aliphatic heterocycles. The van der Waals surface area contributed by atoms with E-state index in [0.29, 0.717) is 40.3 Å². The molecule has 6 nitrogen and oxygen atoms in total. The van der Waals surface area contributed by atoms with Crippen molar-refractivity contribution in [2.24, 2.45) is 0 Å². The predicted molar refractivity (Wildman–Crippen MR) is 115 cm³/mol. The molecule has 0 saturated heterocycles. The first-order chi connectivity index (χ1) is 14.6. The van der Waals surface area contributed by atoms with Crippen molar-refractivity contribution in [2.45, 2.75) is 43.6 Å². The van der Waals surface area contributed by atoms with Gasteiger partial charge in [-0.1, -0.05) is 35.5 Å². The highest BCUT2D eigenvalue weighted by Gasteiger charge is 2.23. The lowest BCUT2D eigenvalue weighted by atomic mass is 9.82. The van der Waals surface area contributed by atoms with Crippen LogP contribution < -0.4 is 5.32 Å². The Morgan fingerprint density at radius 3 is 2.90 bits per heavy atom. The lowest BCUT2D eigenvalue weighted by Gasteiger charge is -2.25. The van der Waals surface area contributed by atoms with Crippen LogP contribution in [0.4, 0.5) is 5.82 Å². The summed E-state index contributed by atoms with van der Waals surface area (Å²) in [4.78, 5) is 16.9. The first-order valence-corrected chi connectivity index (χ1v) is 10.9. The summed E-state index contributed by atoms with van der Waals surface area (Å²) >= 11 is 1.45. The zero-order valence-corrected chi connectivity index (χ0v) is 17.5. The first kappa shape index (κ1) is 20.2. The minimum Gasteiger partial charge on any atom is -0.360 e. The van der Waals surface area contributed by atoms with Crippen molar-refractivity contribution < 1.29 is 9.32 Å². The maximum Gasteiger partial charge on any atom is 0.226 e. The van der Waals surface area contributed by atoms with Crippen molar-refractivity contribution in [2.75, 3.05) is 11.1 Å². The van der Waals surface area contributed by atoms with Crippen molar-refractivity contribution in [3.63, 3.8) is 0 Å². The Labute approximate surface area is 179 Å². The normalized spacial score (nSPS) is 15.3. The van der Waals surface area contributed by atoms with Crippen LogP contribution in [0.3, 0.4) is 0 Å². The molecule has 1 amide bonds. The molecule has 1 aromatic carbocycles. The summed E-state index contributed by atoms with van der Waals surface area (Å²) in [6.45, 7) is 1.77. The number of pyridine rings is 1. The zero-order valence-electron chi connectivity index (χ0n) is 16.7. The van der Waals surface area contributed by atoms with Crippen LogP contribution in [0.25, 0.3) is 0 Å². The highest BCUT2D eigenvalue weighted by Crippen LogP contribution is 2.34. The Bertz CT molecular complexity index is 1090. The molecular formula is C23H22N4O2S. The lowest BCUT2D eigenvalue weighted by Crippen LogP contribution is -2.15. The monoisotopic (exact) mass is 418 g/mol. The van der Waals surface area contributed by atoms with Crippen LogP contribution in [-0.4, -0.2) is 21.8 Å². The number of hydrogen-bond acceptors (Lipinski definition) is 6. The number of nitriles is 1. The van der Waals surface area contributed by atoms with Gasteiger partial charge in [-0.3, -0.25) is 4.79 Å². The molecule has 0 bridgehead atoms. The lowest BCUT2D eigenvalue weighted by molar-refractivity contribution is -0.115. The third-order valence-electron chi connectivity index (χ3n) is 5.21. The largest absolute Gasteiger partial charge is 0.360 e. The van der Waals surface area contributed by atoms with E-state index in [1.807, 2.05) is 12.1 Å². The number of carbonyl (C=O) groups is 1. The summed E-state index contributed by atoms with van der Waals surface area (Å²) in [5.41, 5.74) is 4.16. The fourth-order valence-electron chi connectivity index (χ4n) is 3.72. The summed E-state index contributed by atoms with van der Waals surface area (Å²) < 4.78 is 4.94. The molecule has 2 heterocycles. The van der Waals surface area contributed by atoms with Crippen molar-refractivity contribution in [1.82, 2.24) is 10.1 Å². The number of carbonyl (C=O) groups excluding carboxylic acids is 1. The van der Waals surface area contributed by atoms with Gasteiger partial charge in [0.25, 0.3) is 0 Å². The summed E-state index contributed by atoms with van der Waals surface area (Å²) in [6, 6.07) is 16.5. The molecule has 2 aromatic heterocycles. The van der Waals surface area contributed by atoms with Gasteiger partial charge in [0.2, 0.25) is 5.91 Å². The van der Waals surface area contributed by atoms with Crippen LogP contribution in [0.2, 0.25) is 0 Å². The molecule has 1 unspecified atom stereocenters. The van der Waals surface area contributed by atoms with Gasteiger partial charge in [0.1, 0.15) is 16.9 Å². The molecule has 0 spiro atoms. The van der Waals surface area contributed by atoms with E-state index in [4.69, 9.17) is 9.51 Å². The second-order valence-electron chi connectivity index (χ2n) is 7.38. The quantitative estimate of drug-likeness (QED) is 0.586. The average molecular weight is 419 g/mol. The molecule has 0 fully saturated rings. The Morgan fingerprint density at radius 1 is 1.33 bits per heavy atom. The molecule has 30 heavy (non-hydrogen) atoms. The van der Waals surface area contributed by atoms with Gasteiger partial charge in [-0.25, -0.2) is 4.98 Å². The van der Waals surface area contributed by atoms with E-state index >= 15 is 0 Å². The van der Waals surface area contributed by atoms with Gasteiger partial charge in [0, 0.05) is 23.9 Å². The Balaban J connectivity index is 1.39. The highest BCUT2D eigenvalue weighted by atomic mass is 32.2. The second kappa shape index (κ2) is 9.14. The minimum atomic E-state index is -0.141. The molecular weight excluding hydrogens is 396 g/mol. The number of anilines is 1. The minimum absolute atomic E-state index is 0.141. The number of amides is 1. The third-order valence-corrected chi connectivity index (χ3v) is 6.20. The van der Waals surface area contributed by atoms with Crippen LogP contribution in [0.1, 0.15) is 46.9 Å². The van der Waals surface area contributed by atoms with Gasteiger partial charge in [0.15, 0.2) is 5.82 Å². The Kier molecular flexibility index (Phi) is 6.15. The van der Waals surface area contributed by atoms with Crippen LogP contribution >= 0.6 is 11.8 Å². The summed E-state index contributed by atoms with van der Waals surface area (Å²) in [7, 11) is 0. The van der Waals surface area contributed by atoms with E-state index in [1.165, 1.54) is 17.3 Å². The number of nitrogens with zero attached hydrogens (tertiary/aromatic N) is 3. The molecule has 3 aromatic rings. The van der Waals surface area contributed by atoms with Crippen molar-refractivity contribution in [1.29, 1.82) is 5.26 Å². The number of benzene rings is 1. The molecule has 7 heteroatoms. The third kappa shape index (κ3) is 4.71. The average Bonchev–Trinajstić information content (AvgIpc) is 3.17. The van der Waals surface area contributed by atoms with E-state index < -0.39 is 0 Å². The number of rotatable bonds is 6. The fourth-order valence-corrected chi connectivity index (χ4v) is 4.63. The van der Waals surface area contributed by atoms with Crippen LogP contribution in [0.15, 0.2) is 52.0 Å². The number of fused-ring (bicyclic) bond motifs is 1. The molecule has 1 aliphatic rings. The topological polar surface area (TPSA) is 91.8 Å². The fraction of sp³-hybridized carbons (Fsp3) is 0.304. The Hall–Kier alpha value is -3.11. The molecule has 152 valence electrons. The van der Waals surface area contributed by atoms with Crippen LogP contribution in [0, 0.1) is 18.3 Å². The first-order valence-electron chi connectivity index (χ1n) is 9.96. The zero-order chi connectivity index (χ0) is 20.9. The van der Waals surface area contributed by atoms with Gasteiger partial charge in [-0.15, -0.1) is 11.8 Å². The predicted octanol–water partition coefficient (Wildman–Crippen LogP) is 4.64. The molecule has 1 aliphatic carbocycles. The van der Waals surface area contributed by atoms with Crippen LogP contribution in [-0.2, 0) is 17.6 Å². The number of thioether (sulfide) groups is 1. The van der Waals surface area contributed by atoms with E-state index in [-0.39, 0.29) is 5.91 Å². The number of aryl methyl sites for hydroxylation is 2. The maximum atomic E-state index is 12.1. The van der Waals surface area contributed by atoms with Gasteiger partial charge in [0.05, 0.1) is 5.56 Å². The Morgan fingerprint density at radius 2 is 2.17 bits per heavy atom. The van der Waals surface area contributed by atoms with E-state index in [0.717, 1.165) is 30.5 Å². The number of aromatic nitrogens is 2. The smallest absolute Gasteiger partial charge is 0.226 e. The molecule has 4 rings (SSSR count). The standard InChI is InChI=1S/C23H22N4O2S/c1-15-11-21(27-29-15)26-22(28)9-10-30-23-19(14-24)13-18-12-17(7-8-20(18)25-23)16-5-3-2-4-6-16/h2-6,11,13,17H,7-10,12H2,1H3,(H,26,27,28). The van der Waals surface area contributed by atoms with E-state index in [9.17, 15) is 10.1 Å². The highest BCUT2D eigenvalue weighted by molar-refractivity contribution is 7.99. The summed E-state index contributed by atoms with van der Waals surface area (Å²) in [5.74, 6) is 1.93. The molecule has 1 N–H and O–H groups in total. The van der Waals surface area contributed by atoms with Gasteiger partial charge < -0.3 is 9.84 Å². The van der Waals surface area contributed by atoms with Gasteiger partial charge in [-0.2, -0.15) is 5.26 Å². The van der Waals surface area contributed by atoms with E-state index in [1.54, 1.807) is 13.0 Å². The van der Waals surface area contributed by atoms with Gasteiger partial charge in [-0.05, 0) is 49.3 Å². The number of nitrogens with one attached hydrogen (secondary N) is 1. The van der Waals surface area contributed by atoms with Crippen molar-refractivity contribution in [3.05, 3.63) is 70.6 Å². The van der Waals surface area contributed by atoms with E-state index in [2.05, 4.69) is 40.8 Å². The number of hydrogen-bond donors (Lipinski definition) is 1. The van der Waals surface area contributed by atoms with Crippen molar-refractivity contribution in [3.8, 4) is 6.07 Å².